The molecule has 174 valence electrons. The van der Waals surface area contributed by atoms with Crippen LogP contribution >= 0.6 is 35.0 Å². The van der Waals surface area contributed by atoms with Crippen LogP contribution in [0.3, 0.4) is 0 Å². The standard InChI is InChI=1S/C22H22Cl2FN5O2S/c1-4-30-20(13(3)26-21(32)14-6-8-16(23)17(24)9-14)28-29-22(30)33-11-19(31)27-18-10-15(25)7-5-12(18)2/h5-10,13H,4,11H2,1-3H3,(H,26,32)(H,27,31)/t13-/m1/s1. The van der Waals surface area contributed by atoms with E-state index in [1.807, 2.05) is 11.5 Å². The van der Waals surface area contributed by atoms with Crippen LogP contribution in [0.5, 0.6) is 0 Å². The van der Waals surface area contributed by atoms with E-state index < -0.39 is 11.9 Å². The summed E-state index contributed by atoms with van der Waals surface area (Å²) in [4.78, 5) is 24.9. The van der Waals surface area contributed by atoms with Gasteiger partial charge in [0.15, 0.2) is 11.0 Å². The van der Waals surface area contributed by atoms with Gasteiger partial charge in [0, 0.05) is 17.8 Å². The first kappa shape index (κ1) is 25.0. The van der Waals surface area contributed by atoms with Crippen LogP contribution in [0.2, 0.25) is 10.0 Å². The first-order valence-electron chi connectivity index (χ1n) is 10.1. The summed E-state index contributed by atoms with van der Waals surface area (Å²) in [6.45, 7) is 6.04. The molecular weight excluding hydrogens is 488 g/mol. The first-order valence-corrected chi connectivity index (χ1v) is 11.8. The van der Waals surface area contributed by atoms with Crippen molar-refractivity contribution in [2.75, 3.05) is 11.1 Å². The van der Waals surface area contributed by atoms with Crippen LogP contribution in [0.1, 0.15) is 41.6 Å². The Morgan fingerprint density at radius 2 is 1.91 bits per heavy atom. The Hall–Kier alpha value is -2.62. The van der Waals surface area contributed by atoms with E-state index >= 15 is 0 Å². The largest absolute Gasteiger partial charge is 0.342 e. The predicted octanol–water partition coefficient (Wildman–Crippen LogP) is 5.27. The van der Waals surface area contributed by atoms with Crippen LogP contribution in [0.15, 0.2) is 41.6 Å². The first-order chi connectivity index (χ1) is 15.7. The van der Waals surface area contributed by atoms with E-state index in [1.165, 1.54) is 30.0 Å². The number of benzene rings is 2. The second-order valence-corrected chi connectivity index (χ2v) is 8.96. The van der Waals surface area contributed by atoms with E-state index in [1.54, 1.807) is 32.0 Å². The molecule has 1 heterocycles. The van der Waals surface area contributed by atoms with Gasteiger partial charge in [-0.25, -0.2) is 4.39 Å². The molecule has 0 radical (unpaired) electrons. The molecule has 0 spiro atoms. The Morgan fingerprint density at radius 1 is 1.15 bits per heavy atom. The third-order valence-electron chi connectivity index (χ3n) is 4.78. The van der Waals surface area contributed by atoms with Crippen molar-refractivity contribution in [3.8, 4) is 0 Å². The van der Waals surface area contributed by atoms with Crippen molar-refractivity contribution >= 4 is 52.5 Å². The van der Waals surface area contributed by atoms with Gasteiger partial charge < -0.3 is 15.2 Å². The van der Waals surface area contributed by atoms with Gasteiger partial charge in [-0.05, 0) is 56.7 Å². The molecule has 0 bridgehead atoms. The number of aromatic nitrogens is 3. The number of thioether (sulfide) groups is 1. The molecule has 1 atom stereocenters. The monoisotopic (exact) mass is 509 g/mol. The lowest BCUT2D eigenvalue weighted by molar-refractivity contribution is -0.113. The zero-order valence-electron chi connectivity index (χ0n) is 18.2. The number of amides is 2. The molecule has 7 nitrogen and oxygen atoms in total. The summed E-state index contributed by atoms with van der Waals surface area (Å²) in [5.41, 5.74) is 1.56. The predicted molar refractivity (Wildman–Crippen MR) is 129 cm³/mol. The lowest BCUT2D eigenvalue weighted by atomic mass is 10.2. The van der Waals surface area contributed by atoms with Gasteiger partial charge in [0.05, 0.1) is 21.8 Å². The fourth-order valence-corrected chi connectivity index (χ4v) is 4.16. The number of halogens is 3. The molecular formula is C22H22Cl2FN5O2S. The van der Waals surface area contributed by atoms with Crippen LogP contribution in [0.25, 0.3) is 0 Å². The third kappa shape index (κ3) is 6.25. The smallest absolute Gasteiger partial charge is 0.251 e. The van der Waals surface area contributed by atoms with Gasteiger partial charge in [-0.2, -0.15) is 0 Å². The average Bonchev–Trinajstić information content (AvgIpc) is 3.19. The van der Waals surface area contributed by atoms with E-state index in [4.69, 9.17) is 23.2 Å². The van der Waals surface area contributed by atoms with Crippen molar-refractivity contribution in [3.05, 3.63) is 69.2 Å². The maximum atomic E-state index is 13.4. The Morgan fingerprint density at radius 3 is 2.61 bits per heavy atom. The molecule has 0 fully saturated rings. The number of nitrogens with zero attached hydrogens (tertiary/aromatic N) is 3. The zero-order valence-corrected chi connectivity index (χ0v) is 20.5. The minimum atomic E-state index is -0.447. The molecule has 0 saturated carbocycles. The second kappa shape index (κ2) is 11.0. The summed E-state index contributed by atoms with van der Waals surface area (Å²) < 4.78 is 15.3. The normalized spacial score (nSPS) is 11.8. The highest BCUT2D eigenvalue weighted by Crippen LogP contribution is 2.24. The minimum Gasteiger partial charge on any atom is -0.342 e. The molecule has 2 N–H and O–H groups in total. The molecule has 0 unspecified atom stereocenters. The summed E-state index contributed by atoms with van der Waals surface area (Å²) in [6, 6.07) is 8.42. The van der Waals surface area contributed by atoms with E-state index in [9.17, 15) is 14.0 Å². The second-order valence-electron chi connectivity index (χ2n) is 7.21. The van der Waals surface area contributed by atoms with Crippen LogP contribution in [0, 0.1) is 12.7 Å². The number of carbonyl (C=O) groups excluding carboxylic acids is 2. The molecule has 3 aromatic rings. The molecule has 0 aliphatic carbocycles. The van der Waals surface area contributed by atoms with E-state index in [0.717, 1.165) is 5.56 Å². The number of anilines is 1. The maximum Gasteiger partial charge on any atom is 0.251 e. The number of nitrogens with one attached hydrogen (secondary N) is 2. The molecule has 0 aliphatic heterocycles. The van der Waals surface area contributed by atoms with E-state index in [-0.39, 0.29) is 17.6 Å². The Bertz CT molecular complexity index is 1190. The van der Waals surface area contributed by atoms with Crippen molar-refractivity contribution in [2.24, 2.45) is 0 Å². The molecule has 33 heavy (non-hydrogen) atoms. The topological polar surface area (TPSA) is 88.9 Å². The fraction of sp³-hybridized carbons (Fsp3) is 0.273. The van der Waals surface area contributed by atoms with Crippen LogP contribution in [-0.4, -0.2) is 32.3 Å². The SMILES string of the molecule is CCn1c(SCC(=O)Nc2cc(F)ccc2C)nnc1[C@@H](C)NC(=O)c1ccc(Cl)c(Cl)c1. The fourth-order valence-electron chi connectivity index (χ4n) is 3.05. The Labute approximate surface area is 205 Å². The van der Waals surface area contributed by atoms with Crippen molar-refractivity contribution in [2.45, 2.75) is 38.5 Å². The maximum absolute atomic E-state index is 13.4. The van der Waals surface area contributed by atoms with Gasteiger partial charge in [-0.3, -0.25) is 9.59 Å². The molecule has 2 aromatic carbocycles. The van der Waals surface area contributed by atoms with Gasteiger partial charge in [0.25, 0.3) is 5.91 Å². The number of carbonyl (C=O) groups is 2. The molecule has 1 aromatic heterocycles. The van der Waals surface area contributed by atoms with Crippen molar-refractivity contribution in [1.29, 1.82) is 0 Å². The number of aryl methyl sites for hydroxylation is 1. The van der Waals surface area contributed by atoms with Gasteiger partial charge in [0.1, 0.15) is 5.82 Å². The molecule has 0 saturated heterocycles. The summed E-state index contributed by atoms with van der Waals surface area (Å²) in [5.74, 6) is -0.420. The summed E-state index contributed by atoms with van der Waals surface area (Å²) in [6.07, 6.45) is 0. The summed E-state index contributed by atoms with van der Waals surface area (Å²) in [7, 11) is 0. The third-order valence-corrected chi connectivity index (χ3v) is 6.49. The Kier molecular flexibility index (Phi) is 8.34. The van der Waals surface area contributed by atoms with E-state index in [0.29, 0.717) is 38.8 Å². The Balaban J connectivity index is 1.65. The van der Waals surface area contributed by atoms with Crippen molar-refractivity contribution in [1.82, 2.24) is 20.1 Å². The highest BCUT2D eigenvalue weighted by Gasteiger charge is 2.20. The van der Waals surface area contributed by atoms with Crippen molar-refractivity contribution in [3.63, 3.8) is 0 Å². The number of hydrogen-bond donors (Lipinski definition) is 2. The van der Waals surface area contributed by atoms with Gasteiger partial charge in [-0.15, -0.1) is 10.2 Å². The quantitative estimate of drug-likeness (QED) is 0.403. The van der Waals surface area contributed by atoms with Gasteiger partial charge in [-0.1, -0.05) is 41.0 Å². The number of hydrogen-bond acceptors (Lipinski definition) is 5. The lowest BCUT2D eigenvalue weighted by Gasteiger charge is -2.15. The molecule has 3 rings (SSSR count). The summed E-state index contributed by atoms with van der Waals surface area (Å²) in [5, 5.41) is 15.1. The van der Waals surface area contributed by atoms with Crippen molar-refractivity contribution < 1.29 is 14.0 Å². The summed E-state index contributed by atoms with van der Waals surface area (Å²) >= 11 is 13.1. The highest BCUT2D eigenvalue weighted by atomic mass is 35.5. The molecule has 0 aliphatic rings. The van der Waals surface area contributed by atoms with E-state index in [2.05, 4.69) is 20.8 Å². The zero-order chi connectivity index (χ0) is 24.1. The average molecular weight is 510 g/mol. The highest BCUT2D eigenvalue weighted by molar-refractivity contribution is 7.99. The van der Waals surface area contributed by atoms with Crippen LogP contribution in [-0.2, 0) is 11.3 Å². The van der Waals surface area contributed by atoms with Gasteiger partial charge >= 0.3 is 0 Å². The molecule has 11 heteroatoms. The van der Waals surface area contributed by atoms with Gasteiger partial charge in [0.2, 0.25) is 5.91 Å². The lowest BCUT2D eigenvalue weighted by Crippen LogP contribution is -2.28. The van der Waals surface area contributed by atoms with Crippen LogP contribution in [0.4, 0.5) is 10.1 Å². The van der Waals surface area contributed by atoms with Crippen LogP contribution < -0.4 is 10.6 Å². The minimum absolute atomic E-state index is 0.0676. The molecule has 2 amide bonds. The number of rotatable bonds is 8.